The molecule has 5 nitrogen and oxygen atoms in total. The van der Waals surface area contributed by atoms with Crippen molar-refractivity contribution < 1.29 is 23.7 Å². The Morgan fingerprint density at radius 1 is 0.560 bits per heavy atom. The topological polar surface area (TPSA) is 46.2 Å². The highest BCUT2D eigenvalue weighted by atomic mass is 16.8. The van der Waals surface area contributed by atoms with Gasteiger partial charge in [0, 0.05) is 11.1 Å². The maximum absolute atomic E-state index is 6.22. The van der Waals surface area contributed by atoms with Crippen LogP contribution in [-0.2, 0) is 23.7 Å². The number of rotatable bonds is 2. The summed E-state index contributed by atoms with van der Waals surface area (Å²) in [6, 6.07) is 19.9. The van der Waals surface area contributed by atoms with Crippen molar-refractivity contribution in [3.63, 3.8) is 0 Å². The highest BCUT2D eigenvalue weighted by molar-refractivity contribution is 5.18. The first-order valence-electron chi connectivity index (χ1n) is 8.68. The summed E-state index contributed by atoms with van der Waals surface area (Å²) in [4.78, 5) is 0. The Morgan fingerprint density at radius 2 is 1.00 bits per heavy atom. The van der Waals surface area contributed by atoms with Gasteiger partial charge in [0.1, 0.15) is 24.4 Å². The van der Waals surface area contributed by atoms with E-state index in [1.54, 1.807) is 0 Å². The van der Waals surface area contributed by atoms with E-state index < -0.39 is 0 Å². The molecule has 3 saturated heterocycles. The van der Waals surface area contributed by atoms with Gasteiger partial charge in [0.25, 0.3) is 0 Å². The Labute approximate surface area is 146 Å². The van der Waals surface area contributed by atoms with Crippen LogP contribution in [-0.4, -0.2) is 37.6 Å². The number of hydrogen-bond donors (Lipinski definition) is 0. The molecule has 2 aromatic carbocycles. The summed E-state index contributed by atoms with van der Waals surface area (Å²) in [6.45, 7) is 0.993. The minimum atomic E-state index is -0.383. The van der Waals surface area contributed by atoms with Gasteiger partial charge < -0.3 is 23.7 Å². The largest absolute Gasteiger partial charge is 0.365 e. The van der Waals surface area contributed by atoms with Crippen molar-refractivity contribution in [1.82, 2.24) is 0 Å². The second-order valence-corrected chi connectivity index (χ2v) is 6.57. The Bertz CT molecular complexity index is 645. The van der Waals surface area contributed by atoms with Gasteiger partial charge in [0.15, 0.2) is 12.6 Å². The summed E-state index contributed by atoms with van der Waals surface area (Å²) in [7, 11) is 0. The van der Waals surface area contributed by atoms with Gasteiger partial charge >= 0.3 is 0 Å². The van der Waals surface area contributed by atoms with Crippen LogP contribution >= 0.6 is 0 Å². The molecule has 25 heavy (non-hydrogen) atoms. The van der Waals surface area contributed by atoms with Crippen LogP contribution in [0.1, 0.15) is 23.7 Å². The van der Waals surface area contributed by atoms with Crippen LogP contribution in [0.15, 0.2) is 60.7 Å². The molecule has 0 bridgehead atoms. The van der Waals surface area contributed by atoms with Crippen LogP contribution in [0.2, 0.25) is 0 Å². The highest BCUT2D eigenvalue weighted by Crippen LogP contribution is 2.40. The third kappa shape index (κ3) is 2.88. The molecule has 0 unspecified atom stereocenters. The first-order chi connectivity index (χ1) is 12.4. The molecular formula is C20H20O5. The lowest BCUT2D eigenvalue weighted by Gasteiger charge is -2.36. The molecule has 3 fully saturated rings. The first-order valence-corrected chi connectivity index (χ1v) is 8.68. The quantitative estimate of drug-likeness (QED) is 0.841. The molecule has 0 spiro atoms. The van der Waals surface area contributed by atoms with Gasteiger partial charge in [-0.3, -0.25) is 0 Å². The highest BCUT2D eigenvalue weighted by Gasteiger charge is 2.52. The number of benzene rings is 2. The normalized spacial score (nSPS) is 37.3. The van der Waals surface area contributed by atoms with Crippen molar-refractivity contribution in [2.24, 2.45) is 0 Å². The van der Waals surface area contributed by atoms with E-state index in [4.69, 9.17) is 23.7 Å². The van der Waals surface area contributed by atoms with Crippen molar-refractivity contribution in [3.05, 3.63) is 71.8 Å². The van der Waals surface area contributed by atoms with Crippen molar-refractivity contribution in [2.45, 2.75) is 37.0 Å². The van der Waals surface area contributed by atoms with Crippen LogP contribution in [0.4, 0.5) is 0 Å². The van der Waals surface area contributed by atoms with Gasteiger partial charge in [-0.25, -0.2) is 0 Å². The molecule has 5 heteroatoms. The van der Waals surface area contributed by atoms with Gasteiger partial charge in [-0.05, 0) is 0 Å². The Kier molecular flexibility index (Phi) is 4.04. The summed E-state index contributed by atoms with van der Waals surface area (Å²) in [5.41, 5.74) is 2.02. The summed E-state index contributed by atoms with van der Waals surface area (Å²) in [5, 5.41) is 0. The van der Waals surface area contributed by atoms with E-state index in [-0.39, 0.29) is 37.0 Å². The summed E-state index contributed by atoms with van der Waals surface area (Å²) in [6.07, 6.45) is -1.31. The number of ether oxygens (including phenoxy) is 5. The van der Waals surface area contributed by atoms with E-state index in [9.17, 15) is 0 Å². The van der Waals surface area contributed by atoms with E-state index in [2.05, 4.69) is 0 Å². The molecule has 2 aromatic rings. The van der Waals surface area contributed by atoms with E-state index >= 15 is 0 Å². The maximum Gasteiger partial charge on any atom is 0.184 e. The molecule has 0 radical (unpaired) electrons. The van der Waals surface area contributed by atoms with E-state index in [1.807, 2.05) is 60.7 Å². The lowest BCUT2D eigenvalue weighted by atomic mass is 10.0. The zero-order chi connectivity index (χ0) is 16.6. The van der Waals surface area contributed by atoms with Gasteiger partial charge in [0.05, 0.1) is 13.2 Å². The minimum absolute atomic E-state index is 0.118. The number of hydrogen-bond acceptors (Lipinski definition) is 5. The van der Waals surface area contributed by atoms with Crippen LogP contribution in [0.5, 0.6) is 0 Å². The maximum atomic E-state index is 6.22. The molecule has 0 aliphatic carbocycles. The predicted octanol–water partition coefficient (Wildman–Crippen LogP) is 2.98. The molecule has 130 valence electrons. The molecule has 3 aliphatic heterocycles. The van der Waals surface area contributed by atoms with Gasteiger partial charge in [0.2, 0.25) is 0 Å². The smallest absolute Gasteiger partial charge is 0.184 e. The third-order valence-corrected chi connectivity index (χ3v) is 4.93. The van der Waals surface area contributed by atoms with Gasteiger partial charge in [-0.1, -0.05) is 60.7 Å². The van der Waals surface area contributed by atoms with E-state index in [1.165, 1.54) is 0 Å². The predicted molar refractivity (Wildman–Crippen MR) is 88.7 cm³/mol. The molecule has 0 N–H and O–H groups in total. The van der Waals surface area contributed by atoms with Crippen molar-refractivity contribution in [2.75, 3.05) is 13.2 Å². The second kappa shape index (κ2) is 6.52. The SMILES string of the molecule is c1ccc([C@@H]2OC[C@@H]3O[C@@H]4CO[C@@H](c5ccccc5)O[C@H]4[C@@H]3O2)cc1. The average molecular weight is 340 g/mol. The molecule has 0 amide bonds. The standard InChI is InChI=1S/C20H20O5/c1-3-7-13(8-4-1)19-21-11-15-17(24-19)18-16(23-15)12-22-20(25-18)14-9-5-2-6-10-14/h1-10,15-20H,11-12H2/t15-,16+,17-,18-,19-,20-/m1/s1. The molecule has 3 heterocycles. The van der Waals surface area contributed by atoms with Crippen LogP contribution < -0.4 is 0 Å². The fourth-order valence-electron chi connectivity index (χ4n) is 3.70. The fraction of sp³-hybridized carbons (Fsp3) is 0.400. The second-order valence-electron chi connectivity index (χ2n) is 6.57. The first kappa shape index (κ1) is 15.5. The molecule has 0 saturated carbocycles. The van der Waals surface area contributed by atoms with Crippen molar-refractivity contribution >= 4 is 0 Å². The summed E-state index contributed by atoms with van der Waals surface area (Å²) < 4.78 is 30.2. The Hall–Kier alpha value is -1.76. The van der Waals surface area contributed by atoms with E-state index in [0.717, 1.165) is 11.1 Å². The lowest BCUT2D eigenvalue weighted by molar-refractivity contribution is -0.278. The van der Waals surface area contributed by atoms with Crippen LogP contribution in [0.3, 0.4) is 0 Å². The lowest BCUT2D eigenvalue weighted by Crippen LogP contribution is -2.47. The average Bonchev–Trinajstić information content (AvgIpc) is 3.06. The molecule has 6 atom stereocenters. The summed E-state index contributed by atoms with van der Waals surface area (Å²) in [5.74, 6) is 0. The minimum Gasteiger partial charge on any atom is -0.365 e. The fourth-order valence-corrected chi connectivity index (χ4v) is 3.70. The Balaban J connectivity index is 1.34. The van der Waals surface area contributed by atoms with Crippen LogP contribution in [0.25, 0.3) is 0 Å². The monoisotopic (exact) mass is 340 g/mol. The Morgan fingerprint density at radius 3 is 1.44 bits per heavy atom. The third-order valence-electron chi connectivity index (χ3n) is 4.93. The van der Waals surface area contributed by atoms with Gasteiger partial charge in [-0.15, -0.1) is 0 Å². The van der Waals surface area contributed by atoms with Gasteiger partial charge in [-0.2, -0.15) is 0 Å². The van der Waals surface area contributed by atoms with Crippen LogP contribution in [0, 0.1) is 0 Å². The molecule has 5 rings (SSSR count). The summed E-state index contributed by atoms with van der Waals surface area (Å²) >= 11 is 0. The van der Waals surface area contributed by atoms with E-state index in [0.29, 0.717) is 13.2 Å². The number of fused-ring (bicyclic) bond motifs is 3. The molecule has 0 aromatic heterocycles. The molecule has 3 aliphatic rings. The van der Waals surface area contributed by atoms with Crippen molar-refractivity contribution in [1.29, 1.82) is 0 Å². The van der Waals surface area contributed by atoms with Crippen molar-refractivity contribution in [3.8, 4) is 0 Å². The molecular weight excluding hydrogens is 320 g/mol. The zero-order valence-corrected chi connectivity index (χ0v) is 13.7. The zero-order valence-electron chi connectivity index (χ0n) is 13.7.